The first-order valence-corrected chi connectivity index (χ1v) is 29.3. The zero-order valence-corrected chi connectivity index (χ0v) is 32.5. The van der Waals surface area contributed by atoms with Gasteiger partial charge in [0.1, 0.15) is 0 Å². The number of rotatable bonds is 20. The second kappa shape index (κ2) is 20.5. The molecule has 0 saturated heterocycles. The lowest BCUT2D eigenvalue weighted by Crippen LogP contribution is -2.57. The van der Waals surface area contributed by atoms with E-state index in [9.17, 15) is 0 Å². The summed E-state index contributed by atoms with van der Waals surface area (Å²) in [5.74, 6) is 0. The smallest absolute Gasteiger partial charge is 0.399 e. The zero-order valence-electron chi connectivity index (χ0n) is 24.9. The molecule has 0 fully saturated rings. The van der Waals surface area contributed by atoms with Crippen LogP contribution in [0.2, 0.25) is 52.4 Å². The third kappa shape index (κ3) is 16.6. The molecule has 0 unspecified atom stereocenters. The van der Waals surface area contributed by atoms with Crippen LogP contribution in [-0.2, 0) is 38.3 Å². The lowest BCUT2D eigenvalue weighted by atomic mass is 10.9. The van der Waals surface area contributed by atoms with Crippen molar-refractivity contribution in [2.75, 3.05) is 26.4 Å². The third-order valence-electron chi connectivity index (χ3n) is 3.69. The van der Waals surface area contributed by atoms with Crippen molar-refractivity contribution in [3.8, 4) is 0 Å². The molecule has 0 aromatic heterocycles. The second-order valence-electron chi connectivity index (χ2n) is 8.62. The summed E-state index contributed by atoms with van der Waals surface area (Å²) in [4.78, 5) is 0. The summed E-state index contributed by atoms with van der Waals surface area (Å²) in [6.45, 7) is 34.1. The van der Waals surface area contributed by atoms with Gasteiger partial charge in [0.05, 0.1) is 0 Å². The van der Waals surface area contributed by atoms with Crippen molar-refractivity contribution in [3.63, 3.8) is 0 Å². The summed E-state index contributed by atoms with van der Waals surface area (Å²) >= 11 is 0. The van der Waals surface area contributed by atoms with E-state index in [-0.39, 0.29) is 0 Å². The van der Waals surface area contributed by atoms with Gasteiger partial charge in [-0.3, -0.25) is 0 Å². The molecule has 0 heterocycles. The summed E-state index contributed by atoms with van der Waals surface area (Å²) in [5.41, 5.74) is 3.20. The molecular weight excluding hydrogens is 581 g/mol. The number of hydrogen-bond donors (Lipinski definition) is 0. The highest BCUT2D eigenvalue weighted by Gasteiger charge is 2.50. The Morgan fingerprint density at radius 1 is 0.500 bits per heavy atom. The number of hydrogen-bond acceptors (Lipinski definition) is 9. The van der Waals surface area contributed by atoms with Crippen molar-refractivity contribution < 1.29 is 38.3 Å². The van der Waals surface area contributed by atoms with Gasteiger partial charge in [-0.2, -0.15) is 0 Å². The molecule has 0 aliphatic rings. The highest BCUT2D eigenvalue weighted by molar-refractivity contribution is 6.80. The van der Waals surface area contributed by atoms with Gasteiger partial charge >= 0.3 is 26.7 Å². The van der Waals surface area contributed by atoms with Gasteiger partial charge in [-0.15, -0.1) is 0 Å². The molecule has 0 atom stereocenters. The summed E-state index contributed by atoms with van der Waals surface area (Å²) in [7, 11) is -13.7. The fourth-order valence-corrected chi connectivity index (χ4v) is 21.9. The largest absolute Gasteiger partial charge is 0.636 e. The Labute approximate surface area is 231 Å². The van der Waals surface area contributed by atoms with E-state index in [1.165, 1.54) is 0 Å². The summed E-state index contributed by atoms with van der Waals surface area (Å²) < 4.78 is 53.1. The summed E-state index contributed by atoms with van der Waals surface area (Å²) in [6.07, 6.45) is 0. The standard InChI is InChI=1S/C12H26O5Si2.C8H28O4Si5/c1-7-13-18(11-5,14-8-2)17-19(12-6,15-9-3)16-10-4;1-13(2)9-17(10-14(3)4,11-15(5)6)12-16(7)8/h11-12H,5-10H2,1-4H3;13-16H,1-8H3. The minimum Gasteiger partial charge on any atom is -0.399 e. The quantitative estimate of drug-likeness (QED) is 0.185. The van der Waals surface area contributed by atoms with Crippen LogP contribution in [0.1, 0.15) is 27.7 Å². The molecule has 16 heteroatoms. The first-order chi connectivity index (χ1) is 16.7. The fourth-order valence-electron chi connectivity index (χ4n) is 2.84. The lowest BCUT2D eigenvalue weighted by Gasteiger charge is -2.35. The normalized spacial score (nSPS) is 12.9. The zero-order chi connectivity index (χ0) is 28.4. The molecule has 0 aromatic rings. The highest BCUT2D eigenvalue weighted by atomic mass is 28.5. The maximum Gasteiger partial charge on any atom is 0.636 e. The SMILES string of the molecule is C=C[Si](OCC)(OCC)O[Si](C=C)(OCC)OCC.C[SiH](C)O[Si](O[SiH](C)C)(O[SiH](C)C)O[SiH](C)C. The molecule has 0 radical (unpaired) electrons. The molecule has 9 nitrogen and oxygen atoms in total. The fraction of sp³-hybridized carbons (Fsp3) is 0.800. The van der Waals surface area contributed by atoms with Gasteiger partial charge in [0.2, 0.25) is 0 Å². The summed E-state index contributed by atoms with van der Waals surface area (Å²) in [5, 5.41) is 0. The van der Waals surface area contributed by atoms with E-state index < -0.39 is 62.8 Å². The van der Waals surface area contributed by atoms with E-state index in [1.807, 2.05) is 27.7 Å². The topological polar surface area (TPSA) is 83.1 Å². The van der Waals surface area contributed by atoms with Gasteiger partial charge in [-0.1, -0.05) is 13.2 Å². The van der Waals surface area contributed by atoms with E-state index in [1.54, 1.807) is 11.4 Å². The molecule has 0 bridgehead atoms. The van der Waals surface area contributed by atoms with E-state index in [0.29, 0.717) is 26.4 Å². The van der Waals surface area contributed by atoms with E-state index in [0.717, 1.165) is 0 Å². The van der Waals surface area contributed by atoms with E-state index >= 15 is 0 Å². The van der Waals surface area contributed by atoms with Gasteiger partial charge in [-0.05, 0) is 91.5 Å². The van der Waals surface area contributed by atoms with Crippen molar-refractivity contribution in [2.45, 2.75) is 80.1 Å². The Morgan fingerprint density at radius 3 is 0.861 bits per heavy atom. The lowest BCUT2D eigenvalue weighted by molar-refractivity contribution is 0.0655. The van der Waals surface area contributed by atoms with Crippen LogP contribution in [0.3, 0.4) is 0 Å². The second-order valence-corrected chi connectivity index (χ2v) is 27.0. The maximum absolute atomic E-state index is 6.09. The molecule has 0 aromatic carbocycles. The van der Waals surface area contributed by atoms with Gasteiger partial charge < -0.3 is 38.3 Å². The first kappa shape index (κ1) is 38.8. The molecule has 0 rings (SSSR count). The van der Waals surface area contributed by atoms with Crippen LogP contribution in [0.15, 0.2) is 24.6 Å². The van der Waals surface area contributed by atoms with Crippen LogP contribution in [0.25, 0.3) is 0 Å². The molecule has 36 heavy (non-hydrogen) atoms. The van der Waals surface area contributed by atoms with Crippen molar-refractivity contribution in [1.29, 1.82) is 0 Å². The Morgan fingerprint density at radius 2 is 0.722 bits per heavy atom. The average Bonchev–Trinajstić information content (AvgIpc) is 2.72. The van der Waals surface area contributed by atoms with Crippen LogP contribution in [0, 0.1) is 0 Å². The predicted octanol–water partition coefficient (Wildman–Crippen LogP) is 3.90. The van der Waals surface area contributed by atoms with E-state index in [2.05, 4.69) is 65.5 Å². The Balaban J connectivity index is 0. The van der Waals surface area contributed by atoms with Crippen molar-refractivity contribution in [3.05, 3.63) is 24.6 Å². The summed E-state index contributed by atoms with van der Waals surface area (Å²) in [6, 6.07) is 0. The van der Waals surface area contributed by atoms with E-state index in [4.69, 9.17) is 38.3 Å². The van der Waals surface area contributed by atoms with Crippen LogP contribution in [0.5, 0.6) is 0 Å². The molecule has 0 aliphatic carbocycles. The molecule has 0 aliphatic heterocycles. The molecule has 0 spiro atoms. The molecule has 0 N–H and O–H groups in total. The monoisotopic (exact) mass is 634 g/mol. The Bertz CT molecular complexity index is 500. The van der Waals surface area contributed by atoms with Gasteiger partial charge in [-0.25, -0.2) is 0 Å². The van der Waals surface area contributed by atoms with Crippen LogP contribution < -0.4 is 0 Å². The predicted molar refractivity (Wildman–Crippen MR) is 165 cm³/mol. The van der Waals surface area contributed by atoms with Gasteiger partial charge in [0, 0.05) is 26.4 Å². The Kier molecular flexibility index (Phi) is 22.1. The average molecular weight is 635 g/mol. The highest BCUT2D eigenvalue weighted by Crippen LogP contribution is 2.22. The van der Waals surface area contributed by atoms with Crippen LogP contribution >= 0.6 is 0 Å². The van der Waals surface area contributed by atoms with Gasteiger partial charge in [0.25, 0.3) is 0 Å². The van der Waals surface area contributed by atoms with Crippen molar-refractivity contribution in [1.82, 2.24) is 0 Å². The van der Waals surface area contributed by atoms with Crippen molar-refractivity contribution >= 4 is 62.8 Å². The maximum atomic E-state index is 6.09. The third-order valence-corrected chi connectivity index (χ3v) is 21.9. The molecule has 0 saturated carbocycles. The molecule has 216 valence electrons. The molecule has 0 amide bonds. The van der Waals surface area contributed by atoms with Crippen molar-refractivity contribution in [2.24, 2.45) is 0 Å². The van der Waals surface area contributed by atoms with Gasteiger partial charge in [0.15, 0.2) is 36.2 Å². The minimum atomic E-state index is -3.00. The first-order valence-electron chi connectivity index (χ1n) is 13.0. The van der Waals surface area contributed by atoms with Crippen LogP contribution in [-0.4, -0.2) is 89.2 Å². The minimum absolute atomic E-state index is 0.470. The molecular formula is C20H54O9Si7. The Hall–Kier alpha value is 0.638. The van der Waals surface area contributed by atoms with Crippen LogP contribution in [0.4, 0.5) is 0 Å².